The molecule has 0 aliphatic carbocycles. The Morgan fingerprint density at radius 1 is 0.395 bits per heavy atom. The van der Waals surface area contributed by atoms with Gasteiger partial charge in [-0.05, 0) is 102 Å². The molecule has 0 amide bonds. The first-order chi connectivity index (χ1) is 18.7. The first kappa shape index (κ1) is 23.4. The van der Waals surface area contributed by atoms with Gasteiger partial charge in [-0.15, -0.1) is 0 Å². The molecule has 0 bridgehead atoms. The molecule has 0 unspecified atom stereocenters. The minimum absolute atomic E-state index is 0.863. The average Bonchev–Trinajstić information content (AvgIpc) is 2.99. The molecule has 38 heavy (non-hydrogen) atoms. The highest BCUT2D eigenvalue weighted by molar-refractivity contribution is 5.87. The molecule has 4 nitrogen and oxygen atoms in total. The van der Waals surface area contributed by atoms with Crippen molar-refractivity contribution in [2.24, 2.45) is 0 Å². The number of benzene rings is 2. The molecule has 4 heteroatoms. The first-order valence-corrected chi connectivity index (χ1v) is 12.6. The lowest BCUT2D eigenvalue weighted by molar-refractivity contribution is 1.25. The summed E-state index contributed by atoms with van der Waals surface area (Å²) in [5.74, 6) is 0. The van der Waals surface area contributed by atoms with E-state index in [0.717, 1.165) is 50.6 Å². The van der Waals surface area contributed by atoms with Crippen LogP contribution < -0.4 is 0 Å². The van der Waals surface area contributed by atoms with Gasteiger partial charge in [-0.25, -0.2) is 0 Å². The highest BCUT2D eigenvalue weighted by atomic mass is 14.8. The maximum Gasteiger partial charge on any atom is 0.0892 e. The number of pyridine rings is 4. The van der Waals surface area contributed by atoms with Crippen LogP contribution >= 0.6 is 0 Å². The van der Waals surface area contributed by atoms with Gasteiger partial charge < -0.3 is 0 Å². The van der Waals surface area contributed by atoms with Crippen LogP contribution in [-0.2, 0) is 0 Å². The Morgan fingerprint density at radius 3 is 1.42 bits per heavy atom. The summed E-state index contributed by atoms with van der Waals surface area (Å²) in [5.41, 5.74) is 12.9. The molecule has 2 aromatic carbocycles. The standard InChI is InChI=1S/C34H26N4/c1-23-28(30-9-3-6-17-35-30)22-29(31-10-4-7-18-36-31)24(2)34(23)26-14-12-25(13-15-26)27-16-20-38-33(21-27)32-11-5-8-19-37-32/h3-22H,1-2H3. The smallest absolute Gasteiger partial charge is 0.0892 e. The first-order valence-electron chi connectivity index (χ1n) is 12.6. The van der Waals surface area contributed by atoms with E-state index in [1.165, 1.54) is 16.7 Å². The average molecular weight is 491 g/mol. The molecular formula is C34H26N4. The molecule has 6 rings (SSSR count). The van der Waals surface area contributed by atoms with Crippen molar-refractivity contribution >= 4 is 0 Å². The van der Waals surface area contributed by atoms with Gasteiger partial charge in [0, 0.05) is 35.9 Å². The van der Waals surface area contributed by atoms with Crippen LogP contribution in [0.3, 0.4) is 0 Å². The summed E-state index contributed by atoms with van der Waals surface area (Å²) in [7, 11) is 0. The topological polar surface area (TPSA) is 51.6 Å². The van der Waals surface area contributed by atoms with E-state index in [1.54, 1.807) is 6.20 Å². The van der Waals surface area contributed by atoms with Crippen molar-refractivity contribution in [2.45, 2.75) is 13.8 Å². The third-order valence-corrected chi connectivity index (χ3v) is 6.92. The summed E-state index contributed by atoms with van der Waals surface area (Å²) in [4.78, 5) is 18.3. The summed E-state index contributed by atoms with van der Waals surface area (Å²) < 4.78 is 0. The fourth-order valence-electron chi connectivity index (χ4n) is 5.01. The molecule has 182 valence electrons. The van der Waals surface area contributed by atoms with E-state index < -0.39 is 0 Å². The molecule has 4 heterocycles. The maximum atomic E-state index is 4.66. The van der Waals surface area contributed by atoms with Gasteiger partial charge in [0.15, 0.2) is 0 Å². The molecular weight excluding hydrogens is 464 g/mol. The Kier molecular flexibility index (Phi) is 6.29. The quantitative estimate of drug-likeness (QED) is 0.244. The van der Waals surface area contributed by atoms with Gasteiger partial charge in [-0.2, -0.15) is 0 Å². The van der Waals surface area contributed by atoms with Gasteiger partial charge in [0.2, 0.25) is 0 Å². The molecule has 0 saturated heterocycles. The predicted molar refractivity (Wildman–Crippen MR) is 154 cm³/mol. The maximum absolute atomic E-state index is 4.66. The van der Waals surface area contributed by atoms with Crippen molar-refractivity contribution in [3.63, 3.8) is 0 Å². The molecule has 0 saturated carbocycles. The monoisotopic (exact) mass is 490 g/mol. The fourth-order valence-corrected chi connectivity index (χ4v) is 5.01. The Morgan fingerprint density at radius 2 is 0.895 bits per heavy atom. The summed E-state index contributed by atoms with van der Waals surface area (Å²) in [6, 6.07) is 33.1. The number of nitrogens with zero attached hydrogens (tertiary/aromatic N) is 4. The van der Waals surface area contributed by atoms with Gasteiger partial charge in [0.1, 0.15) is 0 Å². The van der Waals surface area contributed by atoms with E-state index in [0.29, 0.717) is 0 Å². The minimum atomic E-state index is 0.863. The summed E-state index contributed by atoms with van der Waals surface area (Å²) in [5, 5.41) is 0. The Balaban J connectivity index is 1.46. The van der Waals surface area contributed by atoms with E-state index in [4.69, 9.17) is 0 Å². The van der Waals surface area contributed by atoms with Gasteiger partial charge >= 0.3 is 0 Å². The lowest BCUT2D eigenvalue weighted by Crippen LogP contribution is -1.98. The second-order valence-electron chi connectivity index (χ2n) is 9.25. The summed E-state index contributed by atoms with van der Waals surface area (Å²) >= 11 is 0. The van der Waals surface area contributed by atoms with E-state index in [9.17, 15) is 0 Å². The molecule has 0 aliphatic heterocycles. The zero-order valence-electron chi connectivity index (χ0n) is 21.3. The molecule has 0 fully saturated rings. The van der Waals surface area contributed by atoms with Crippen molar-refractivity contribution in [2.75, 3.05) is 0 Å². The van der Waals surface area contributed by atoms with Crippen LogP contribution in [0.5, 0.6) is 0 Å². The molecule has 4 aromatic heterocycles. The van der Waals surface area contributed by atoms with Crippen LogP contribution in [0, 0.1) is 13.8 Å². The SMILES string of the molecule is Cc1c(-c2ccccn2)cc(-c2ccccn2)c(C)c1-c1ccc(-c2ccnc(-c3ccccn3)c2)cc1. The highest BCUT2D eigenvalue weighted by Gasteiger charge is 2.18. The zero-order valence-corrected chi connectivity index (χ0v) is 21.3. The van der Waals surface area contributed by atoms with Crippen LogP contribution in [0.2, 0.25) is 0 Å². The van der Waals surface area contributed by atoms with Gasteiger partial charge in [0.05, 0.1) is 22.8 Å². The van der Waals surface area contributed by atoms with Crippen molar-refractivity contribution in [1.29, 1.82) is 0 Å². The lowest BCUT2D eigenvalue weighted by atomic mass is 9.86. The third kappa shape index (κ3) is 4.48. The molecule has 0 atom stereocenters. The Bertz CT molecular complexity index is 1630. The normalized spacial score (nSPS) is 10.9. The lowest BCUT2D eigenvalue weighted by Gasteiger charge is -2.19. The van der Waals surface area contributed by atoms with Crippen LogP contribution in [0.25, 0.3) is 56.2 Å². The van der Waals surface area contributed by atoms with E-state index >= 15 is 0 Å². The van der Waals surface area contributed by atoms with Crippen LogP contribution in [0.4, 0.5) is 0 Å². The molecule has 0 aliphatic rings. The second-order valence-corrected chi connectivity index (χ2v) is 9.25. The number of aromatic nitrogens is 4. The van der Waals surface area contributed by atoms with Crippen molar-refractivity contribution in [3.8, 4) is 56.2 Å². The largest absolute Gasteiger partial charge is 0.256 e. The third-order valence-electron chi connectivity index (χ3n) is 6.92. The Hall–Kier alpha value is -4.96. The minimum Gasteiger partial charge on any atom is -0.256 e. The van der Waals surface area contributed by atoms with Gasteiger partial charge in [-0.3, -0.25) is 19.9 Å². The number of rotatable bonds is 5. The van der Waals surface area contributed by atoms with Gasteiger partial charge in [0.25, 0.3) is 0 Å². The summed E-state index contributed by atoms with van der Waals surface area (Å²) in [6.45, 7) is 4.37. The molecule has 0 N–H and O–H groups in total. The molecule has 0 spiro atoms. The van der Waals surface area contributed by atoms with Crippen LogP contribution in [0.1, 0.15) is 11.1 Å². The van der Waals surface area contributed by atoms with E-state index in [1.807, 2.05) is 67.1 Å². The number of hydrogen-bond donors (Lipinski definition) is 0. The van der Waals surface area contributed by atoms with Gasteiger partial charge in [-0.1, -0.05) is 42.5 Å². The number of hydrogen-bond acceptors (Lipinski definition) is 4. The van der Waals surface area contributed by atoms with Crippen LogP contribution in [0.15, 0.2) is 122 Å². The summed E-state index contributed by atoms with van der Waals surface area (Å²) in [6.07, 6.45) is 7.33. The second kappa shape index (κ2) is 10.2. The fraction of sp³-hybridized carbons (Fsp3) is 0.0588. The predicted octanol–water partition coefficient (Wildman–Crippen LogP) is 8.22. The Labute approximate surface area is 222 Å². The zero-order chi connectivity index (χ0) is 25.9. The van der Waals surface area contributed by atoms with E-state index in [2.05, 4.69) is 82.3 Å². The van der Waals surface area contributed by atoms with Crippen LogP contribution in [-0.4, -0.2) is 19.9 Å². The van der Waals surface area contributed by atoms with Crippen molar-refractivity contribution < 1.29 is 0 Å². The molecule has 0 radical (unpaired) electrons. The highest BCUT2D eigenvalue weighted by Crippen LogP contribution is 2.40. The van der Waals surface area contributed by atoms with Crippen molar-refractivity contribution in [3.05, 3.63) is 133 Å². The molecule has 6 aromatic rings. The van der Waals surface area contributed by atoms with Crippen molar-refractivity contribution in [1.82, 2.24) is 19.9 Å². The van der Waals surface area contributed by atoms with E-state index in [-0.39, 0.29) is 0 Å².